The number of benzene rings is 4. The van der Waals surface area contributed by atoms with Crippen molar-refractivity contribution in [3.05, 3.63) is 193 Å². The number of hydrogen-bond acceptors (Lipinski definition) is 12. The maximum Gasteiger partial charge on any atom is 0.143 e. The minimum Gasteiger partial charge on any atom is -0.244 e. The zero-order chi connectivity index (χ0) is 40.3. The SMILES string of the molecule is c1cnc2sc(-c3ccc(C(c4ccc(-c5nc6cccnc6s5)cc4)(c4ccc(-c5nc6cccnc6s5)cc4)c4ccc(-c5nc6cccnc6s5)cc4)cc3)nc2c1. The van der Waals surface area contributed by atoms with Crippen molar-refractivity contribution in [2.24, 2.45) is 0 Å². The Hall–Kier alpha value is -6.96. The van der Waals surface area contributed by atoms with E-state index in [2.05, 4.69) is 117 Å². The first-order valence-electron chi connectivity index (χ1n) is 19.5. The van der Waals surface area contributed by atoms with Gasteiger partial charge in [-0.15, -0.1) is 0 Å². The van der Waals surface area contributed by atoms with Gasteiger partial charge in [0, 0.05) is 47.0 Å². The first-order valence-corrected chi connectivity index (χ1v) is 22.7. The van der Waals surface area contributed by atoms with Crippen molar-refractivity contribution in [2.45, 2.75) is 5.41 Å². The average Bonchev–Trinajstić information content (AvgIpc) is 4.15. The molecule has 4 aromatic carbocycles. The molecule has 12 heteroatoms. The Balaban J connectivity index is 1.05. The van der Waals surface area contributed by atoms with Gasteiger partial charge in [-0.05, 0) is 70.8 Å². The third-order valence-electron chi connectivity index (χ3n) is 10.9. The highest BCUT2D eigenvalue weighted by atomic mass is 32.1. The second-order valence-corrected chi connectivity index (χ2v) is 18.4. The van der Waals surface area contributed by atoms with E-state index >= 15 is 0 Å². The van der Waals surface area contributed by atoms with E-state index in [1.807, 2.05) is 73.3 Å². The Morgan fingerprint density at radius 1 is 0.279 bits per heavy atom. The van der Waals surface area contributed by atoms with Crippen LogP contribution in [0.1, 0.15) is 22.3 Å². The molecule has 0 aliphatic rings. The molecule has 0 saturated heterocycles. The molecule has 0 atom stereocenters. The van der Waals surface area contributed by atoms with E-state index in [9.17, 15) is 0 Å². The molecule has 0 aliphatic heterocycles. The summed E-state index contributed by atoms with van der Waals surface area (Å²) in [6.45, 7) is 0. The largest absolute Gasteiger partial charge is 0.244 e. The number of hydrogen-bond donors (Lipinski definition) is 0. The van der Waals surface area contributed by atoms with Gasteiger partial charge >= 0.3 is 0 Å². The zero-order valence-electron chi connectivity index (χ0n) is 31.9. The van der Waals surface area contributed by atoms with Crippen LogP contribution in [-0.4, -0.2) is 39.9 Å². The quantitative estimate of drug-likeness (QED) is 0.139. The van der Waals surface area contributed by atoms with Gasteiger partial charge in [0.25, 0.3) is 0 Å². The van der Waals surface area contributed by atoms with E-state index in [4.69, 9.17) is 19.9 Å². The fourth-order valence-corrected chi connectivity index (χ4v) is 11.7. The van der Waals surface area contributed by atoms with Crippen LogP contribution in [0.3, 0.4) is 0 Å². The summed E-state index contributed by atoms with van der Waals surface area (Å²) in [5.41, 5.74) is 11.5. The Morgan fingerprint density at radius 3 is 0.721 bits per heavy atom. The second-order valence-electron chi connectivity index (χ2n) is 14.4. The molecule has 12 aromatic rings. The first kappa shape index (κ1) is 35.9. The molecule has 0 spiro atoms. The summed E-state index contributed by atoms with van der Waals surface area (Å²) in [6, 6.07) is 51.3. The first-order chi connectivity index (χ1) is 30.2. The van der Waals surface area contributed by atoms with Crippen LogP contribution in [0.15, 0.2) is 170 Å². The van der Waals surface area contributed by atoms with Gasteiger partial charge in [0.05, 0.1) is 5.41 Å². The Bertz CT molecular complexity index is 2930. The summed E-state index contributed by atoms with van der Waals surface area (Å²) < 4.78 is 0. The van der Waals surface area contributed by atoms with Crippen LogP contribution in [0.4, 0.5) is 0 Å². The van der Waals surface area contributed by atoms with Gasteiger partial charge in [-0.2, -0.15) is 0 Å². The van der Waals surface area contributed by atoms with Gasteiger partial charge in [-0.25, -0.2) is 39.9 Å². The van der Waals surface area contributed by atoms with Gasteiger partial charge in [0.1, 0.15) is 61.4 Å². The highest BCUT2D eigenvalue weighted by Gasteiger charge is 2.39. The summed E-state index contributed by atoms with van der Waals surface area (Å²) in [6.07, 6.45) is 7.27. The molecule has 0 bridgehead atoms. The number of rotatable bonds is 8. The van der Waals surface area contributed by atoms with Gasteiger partial charge in [-0.3, -0.25) is 0 Å². The lowest BCUT2D eigenvalue weighted by Gasteiger charge is -2.37. The molecule has 8 nitrogen and oxygen atoms in total. The number of nitrogens with zero attached hydrogens (tertiary/aromatic N) is 8. The molecule has 0 N–H and O–H groups in total. The van der Waals surface area contributed by atoms with E-state index in [0.717, 1.165) is 106 Å². The predicted octanol–water partition coefficient (Wildman–Crippen LogP) is 12.8. The van der Waals surface area contributed by atoms with Crippen molar-refractivity contribution in [1.82, 2.24) is 39.9 Å². The van der Waals surface area contributed by atoms with Gasteiger partial charge in [0.2, 0.25) is 0 Å². The standard InChI is InChI=1S/C49H28N8S4/c1-5-37-45(50-25-1)58-41(54-37)29-9-17-33(18-10-29)49(34-19-11-30(12-20-34)42-55-38-6-2-26-51-46(38)59-42,35-21-13-31(14-22-35)43-56-39-7-3-27-52-47(39)60-43)36-23-15-32(16-24-36)44-57-40-8-4-28-53-48(40)61-44/h1-28H. The van der Waals surface area contributed by atoms with Crippen LogP contribution < -0.4 is 0 Å². The maximum absolute atomic E-state index is 4.94. The number of thiazole rings is 4. The van der Waals surface area contributed by atoms with E-state index in [-0.39, 0.29) is 0 Å². The van der Waals surface area contributed by atoms with Crippen molar-refractivity contribution < 1.29 is 0 Å². The molecular weight excluding hydrogens is 829 g/mol. The van der Waals surface area contributed by atoms with E-state index in [0.29, 0.717) is 0 Å². The summed E-state index contributed by atoms with van der Waals surface area (Å²) >= 11 is 6.42. The molecule has 0 amide bonds. The molecule has 0 fully saturated rings. The Kier molecular flexibility index (Phi) is 8.63. The molecule has 8 aromatic heterocycles. The average molecular weight is 857 g/mol. The van der Waals surface area contributed by atoms with Crippen LogP contribution in [0, 0.1) is 0 Å². The number of fused-ring (bicyclic) bond motifs is 4. The summed E-state index contributed by atoms with van der Waals surface area (Å²) in [7, 11) is 0. The monoisotopic (exact) mass is 856 g/mol. The van der Waals surface area contributed by atoms with Crippen LogP contribution in [0.25, 0.3) is 83.7 Å². The third kappa shape index (κ3) is 6.22. The second kappa shape index (κ2) is 14.6. The fraction of sp³-hybridized carbons (Fsp3) is 0.0204. The summed E-state index contributed by atoms with van der Waals surface area (Å²) in [5, 5.41) is 3.74. The van der Waals surface area contributed by atoms with Crippen LogP contribution in [0.5, 0.6) is 0 Å². The normalized spacial score (nSPS) is 11.9. The lowest BCUT2D eigenvalue weighted by molar-refractivity contribution is 0.745. The molecule has 0 aliphatic carbocycles. The summed E-state index contributed by atoms with van der Waals surface area (Å²) in [4.78, 5) is 41.7. The van der Waals surface area contributed by atoms with Crippen LogP contribution in [-0.2, 0) is 5.41 Å². The molecule has 0 radical (unpaired) electrons. The predicted molar refractivity (Wildman–Crippen MR) is 250 cm³/mol. The number of aromatic nitrogens is 8. The molecule has 12 rings (SSSR count). The van der Waals surface area contributed by atoms with E-state index in [1.165, 1.54) is 0 Å². The van der Waals surface area contributed by atoms with E-state index in [1.54, 1.807) is 45.3 Å². The van der Waals surface area contributed by atoms with Crippen molar-refractivity contribution in [3.8, 4) is 42.3 Å². The smallest absolute Gasteiger partial charge is 0.143 e. The minimum absolute atomic E-state index is 0.747. The third-order valence-corrected chi connectivity index (χ3v) is 15.0. The molecular formula is C49H28N8S4. The summed E-state index contributed by atoms with van der Waals surface area (Å²) in [5.74, 6) is 0. The molecule has 0 saturated carbocycles. The topological polar surface area (TPSA) is 103 Å². The van der Waals surface area contributed by atoms with Crippen molar-refractivity contribution in [3.63, 3.8) is 0 Å². The van der Waals surface area contributed by atoms with E-state index < -0.39 is 5.41 Å². The van der Waals surface area contributed by atoms with Crippen LogP contribution >= 0.6 is 45.3 Å². The Labute approximate surface area is 364 Å². The van der Waals surface area contributed by atoms with Gasteiger partial charge < -0.3 is 0 Å². The molecule has 61 heavy (non-hydrogen) atoms. The molecule has 8 heterocycles. The minimum atomic E-state index is -0.747. The fourth-order valence-electron chi connectivity index (χ4n) is 8.02. The number of pyridine rings is 4. The van der Waals surface area contributed by atoms with Crippen LogP contribution in [0.2, 0.25) is 0 Å². The van der Waals surface area contributed by atoms with Crippen molar-refractivity contribution in [2.75, 3.05) is 0 Å². The maximum atomic E-state index is 4.94. The molecule has 288 valence electrons. The lowest BCUT2D eigenvalue weighted by Crippen LogP contribution is -2.31. The van der Waals surface area contributed by atoms with Gasteiger partial charge in [0.15, 0.2) is 0 Å². The van der Waals surface area contributed by atoms with Gasteiger partial charge in [-0.1, -0.05) is 142 Å². The highest BCUT2D eigenvalue weighted by Crippen LogP contribution is 2.48. The highest BCUT2D eigenvalue weighted by molar-refractivity contribution is 7.22. The Morgan fingerprint density at radius 2 is 0.508 bits per heavy atom. The zero-order valence-corrected chi connectivity index (χ0v) is 35.1. The van der Waals surface area contributed by atoms with Crippen molar-refractivity contribution in [1.29, 1.82) is 0 Å². The molecule has 0 unspecified atom stereocenters. The lowest BCUT2D eigenvalue weighted by atomic mass is 9.65. The van der Waals surface area contributed by atoms with Crippen molar-refractivity contribution >= 4 is 86.7 Å².